The number of amides is 10. The van der Waals surface area contributed by atoms with E-state index in [9.17, 15) is 82.8 Å². The number of nitrogens with two attached hydrogens (primary N) is 5. The van der Waals surface area contributed by atoms with Crippen LogP contribution in [0, 0.1) is 5.92 Å². The quantitative estimate of drug-likeness (QED) is 0.0272. The van der Waals surface area contributed by atoms with E-state index in [-0.39, 0.29) is 51.6 Å². The number of carbonyl (C=O) groups excluding carboxylic acids is 10. The van der Waals surface area contributed by atoms with Crippen LogP contribution in [0.3, 0.4) is 0 Å². The molecular formula is C52H86N14O17. The Labute approximate surface area is 480 Å². The molecule has 0 radical (unpaired) electrons. The first-order valence-electron chi connectivity index (χ1n) is 27.4. The van der Waals surface area contributed by atoms with Crippen molar-refractivity contribution in [1.82, 2.24) is 47.9 Å². The van der Waals surface area contributed by atoms with Crippen LogP contribution >= 0.6 is 0 Å². The second kappa shape index (κ2) is 39.5. The number of primary amides is 1. The van der Waals surface area contributed by atoms with Gasteiger partial charge in [-0.15, -0.1) is 0 Å². The van der Waals surface area contributed by atoms with E-state index in [0.29, 0.717) is 44.2 Å². The number of aliphatic carboxylic acids is 3. The second-order valence-corrected chi connectivity index (χ2v) is 19.9. The minimum atomic E-state index is -1.94. The number of unbranched alkanes of at least 4 members (excludes halogenated alkanes) is 3. The number of hydrogen-bond acceptors (Lipinski definition) is 18. The molecular weight excluding hydrogens is 1090 g/mol. The fourth-order valence-electron chi connectivity index (χ4n) is 8.04. The topological polar surface area (TPSA) is 541 Å². The van der Waals surface area contributed by atoms with Crippen LogP contribution in [0.25, 0.3) is 0 Å². The van der Waals surface area contributed by atoms with Gasteiger partial charge in [0.2, 0.25) is 59.1 Å². The number of carbonyl (C=O) groups is 13. The lowest BCUT2D eigenvalue weighted by molar-refractivity contribution is -0.143. The fraction of sp³-hybridized carbons (Fsp3) is 0.635. The van der Waals surface area contributed by atoms with Gasteiger partial charge in [-0.3, -0.25) is 57.5 Å². The highest BCUT2D eigenvalue weighted by atomic mass is 16.4. The molecule has 10 amide bonds. The zero-order chi connectivity index (χ0) is 62.8. The predicted molar refractivity (Wildman–Crippen MR) is 297 cm³/mol. The summed E-state index contributed by atoms with van der Waals surface area (Å²) in [5.74, 6) is -15.7. The Hall–Kier alpha value is -7.87. The van der Waals surface area contributed by atoms with Crippen molar-refractivity contribution in [1.29, 1.82) is 0 Å². The summed E-state index contributed by atoms with van der Waals surface area (Å²) < 4.78 is 0. The molecule has 31 nitrogen and oxygen atoms in total. The summed E-state index contributed by atoms with van der Waals surface area (Å²) in [4.78, 5) is 171. The van der Waals surface area contributed by atoms with Crippen molar-refractivity contribution >= 4 is 77.0 Å². The summed E-state index contributed by atoms with van der Waals surface area (Å²) in [6, 6.07) is -6.32. The molecule has 0 aliphatic heterocycles. The van der Waals surface area contributed by atoms with Crippen molar-refractivity contribution in [3.05, 3.63) is 35.9 Å². The Balaban J connectivity index is 3.55. The van der Waals surface area contributed by atoms with Gasteiger partial charge in [0.15, 0.2) is 0 Å². The van der Waals surface area contributed by atoms with Gasteiger partial charge in [-0.1, -0.05) is 57.0 Å². The molecule has 11 atom stereocenters. The largest absolute Gasteiger partial charge is 0.481 e. The maximum absolute atomic E-state index is 14.3. The van der Waals surface area contributed by atoms with E-state index < -0.39 is 176 Å². The molecule has 1 rings (SSSR count). The normalized spacial score (nSPS) is 15.0. The Morgan fingerprint density at radius 2 is 0.940 bits per heavy atom. The number of carboxylic acid groups (broad SMARTS) is 3. The summed E-state index contributed by atoms with van der Waals surface area (Å²) in [7, 11) is 0. The molecule has 23 N–H and O–H groups in total. The number of hydrogen-bond donors (Lipinski definition) is 18. The minimum Gasteiger partial charge on any atom is -0.481 e. The van der Waals surface area contributed by atoms with E-state index in [1.165, 1.54) is 6.92 Å². The number of benzene rings is 1. The van der Waals surface area contributed by atoms with Crippen LogP contribution in [0.1, 0.15) is 116 Å². The van der Waals surface area contributed by atoms with E-state index >= 15 is 0 Å². The third-order valence-corrected chi connectivity index (χ3v) is 13.0. The molecule has 466 valence electrons. The van der Waals surface area contributed by atoms with E-state index in [0.717, 1.165) is 6.92 Å². The average molecular weight is 1180 g/mol. The maximum Gasteiger partial charge on any atom is 0.326 e. The molecule has 0 fully saturated rings. The Morgan fingerprint density at radius 1 is 0.494 bits per heavy atom. The van der Waals surface area contributed by atoms with Gasteiger partial charge in [0.25, 0.3) is 0 Å². The number of rotatable bonds is 43. The van der Waals surface area contributed by atoms with E-state index in [2.05, 4.69) is 47.9 Å². The summed E-state index contributed by atoms with van der Waals surface area (Å²) >= 11 is 0. The van der Waals surface area contributed by atoms with Crippen molar-refractivity contribution < 1.29 is 82.8 Å². The molecule has 0 saturated heterocycles. The first kappa shape index (κ1) is 73.1. The van der Waals surface area contributed by atoms with Crippen molar-refractivity contribution in [3.8, 4) is 0 Å². The summed E-state index contributed by atoms with van der Waals surface area (Å²) in [5, 5.41) is 61.0. The van der Waals surface area contributed by atoms with Crippen molar-refractivity contribution in [2.75, 3.05) is 26.2 Å². The van der Waals surface area contributed by atoms with Crippen LogP contribution < -0.4 is 76.5 Å². The highest BCUT2D eigenvalue weighted by Crippen LogP contribution is 2.13. The molecule has 0 unspecified atom stereocenters. The van der Waals surface area contributed by atoms with Gasteiger partial charge in [0.1, 0.15) is 48.3 Å². The van der Waals surface area contributed by atoms with E-state index in [1.807, 2.05) is 0 Å². The van der Waals surface area contributed by atoms with Gasteiger partial charge in [0, 0.05) is 12.8 Å². The minimum absolute atomic E-state index is 0.0532. The molecule has 1 aromatic rings. The molecule has 0 bridgehead atoms. The van der Waals surface area contributed by atoms with Gasteiger partial charge in [-0.25, -0.2) is 4.79 Å². The Bertz CT molecular complexity index is 2330. The molecule has 0 spiro atoms. The van der Waals surface area contributed by atoms with E-state index in [4.69, 9.17) is 28.7 Å². The van der Waals surface area contributed by atoms with Crippen LogP contribution in [-0.2, 0) is 68.7 Å². The smallest absolute Gasteiger partial charge is 0.326 e. The molecule has 0 aliphatic carbocycles. The highest BCUT2D eigenvalue weighted by Gasteiger charge is 2.38. The maximum atomic E-state index is 14.3. The van der Waals surface area contributed by atoms with Gasteiger partial charge in [-0.05, 0) is 95.8 Å². The third-order valence-electron chi connectivity index (χ3n) is 13.0. The number of carboxylic acids is 3. The van der Waals surface area contributed by atoms with Crippen LogP contribution in [0.5, 0.6) is 0 Å². The molecule has 0 saturated carbocycles. The lowest BCUT2D eigenvalue weighted by Gasteiger charge is -2.29. The first-order chi connectivity index (χ1) is 39.2. The predicted octanol–water partition coefficient (Wildman–Crippen LogP) is -5.34. The monoisotopic (exact) mass is 1180 g/mol. The van der Waals surface area contributed by atoms with Gasteiger partial charge in [-0.2, -0.15) is 0 Å². The standard InChI is InChI=1S/C52H86N14O17/c1-4-28(2)42(65-49(79)36(25-38(57)68)59-39(69)27-58-44(74)31(56)16-8-11-21-53)50(80)64-37(26-41(72)73)47(77)60-32(17-9-12-22-54)45(75)63-35(24-30-14-6-5-7-15-30)48(78)66-43(29(3)67)51(81)61-33(19-20-40(70)71)46(76)62-34(52(82)83)18-10-13-23-55/h5-7,14-15,28-29,31-37,42-43,67H,4,8-13,16-27,53-56H2,1-3H3,(H2,57,68)(H,58,74)(H,59,69)(H,60,77)(H,61,81)(H,62,76)(H,63,75)(H,64,80)(H,65,79)(H,66,78)(H,70,71)(H,72,73)(H,82,83)/t28-,29+,31-,32-,33-,34-,35-,36-,37-,42-,43-/m0/s1. The lowest BCUT2D eigenvalue weighted by Crippen LogP contribution is -2.62. The van der Waals surface area contributed by atoms with E-state index in [1.54, 1.807) is 37.3 Å². The molecule has 31 heteroatoms. The zero-order valence-corrected chi connectivity index (χ0v) is 47.2. The SMILES string of the molecule is CC[C@H](C)[C@H](NC(=O)[C@H](CC(N)=O)NC(=O)CNC(=O)[C@@H](N)CCCCN)C(=O)N[C@@H](CC(=O)O)C(=O)N[C@@H](CCCCN)C(=O)N[C@@H](Cc1ccccc1)C(=O)N[C@H](C(=O)N[C@@H](CCC(=O)O)C(=O)N[C@@H](CCCCN)C(=O)O)[C@@H](C)O. The number of aliphatic hydroxyl groups is 1. The van der Waals surface area contributed by atoms with Crippen molar-refractivity contribution in [3.63, 3.8) is 0 Å². The Kier molecular flexibility index (Phi) is 34.8. The molecule has 0 aromatic heterocycles. The molecule has 83 heavy (non-hydrogen) atoms. The van der Waals surface area contributed by atoms with Gasteiger partial charge in [0.05, 0.1) is 31.5 Å². The average Bonchev–Trinajstić information content (AvgIpc) is 3.50. The zero-order valence-electron chi connectivity index (χ0n) is 47.2. The van der Waals surface area contributed by atoms with Crippen LogP contribution in [0.2, 0.25) is 0 Å². The second-order valence-electron chi connectivity index (χ2n) is 19.9. The molecule has 0 aliphatic rings. The van der Waals surface area contributed by atoms with Crippen LogP contribution in [0.4, 0.5) is 0 Å². The van der Waals surface area contributed by atoms with Crippen LogP contribution in [-0.4, -0.2) is 184 Å². The summed E-state index contributed by atoms with van der Waals surface area (Å²) in [6.07, 6.45) is -2.48. The molecule has 1 aromatic carbocycles. The number of nitrogens with one attached hydrogen (secondary N) is 9. The van der Waals surface area contributed by atoms with Crippen molar-refractivity contribution in [2.45, 2.75) is 178 Å². The highest BCUT2D eigenvalue weighted by molar-refractivity contribution is 6.00. The van der Waals surface area contributed by atoms with Crippen molar-refractivity contribution in [2.24, 2.45) is 34.6 Å². The third kappa shape index (κ3) is 29.1. The van der Waals surface area contributed by atoms with Gasteiger partial charge >= 0.3 is 17.9 Å². The lowest BCUT2D eigenvalue weighted by atomic mass is 9.97. The van der Waals surface area contributed by atoms with Crippen LogP contribution in [0.15, 0.2) is 30.3 Å². The first-order valence-corrected chi connectivity index (χ1v) is 27.4. The Morgan fingerprint density at radius 3 is 1.46 bits per heavy atom. The summed E-state index contributed by atoms with van der Waals surface area (Å²) in [5.41, 5.74) is 28.4. The molecule has 0 heterocycles. The number of aliphatic hydroxyl groups excluding tert-OH is 1. The summed E-state index contributed by atoms with van der Waals surface area (Å²) in [6.45, 7) is 4.34. The van der Waals surface area contributed by atoms with Gasteiger partial charge < -0.3 is 96.9 Å². The fourth-order valence-corrected chi connectivity index (χ4v) is 8.04.